The standard InChI is InChI=1S/C25H29N5O3S/c1-17(18-6-4-5-7-21(18)33-3)12-23(31)28-25-20(13-26-2)19-8-10-30(14-22(19)34-25)24(32)15-29-11-9-27-16-29/h4-7,9,11,13,16-17H,8,10,12,14-15H2,1-3H3,(H,28,31). The summed E-state index contributed by atoms with van der Waals surface area (Å²) in [7, 11) is 3.37. The number of anilines is 1. The lowest BCUT2D eigenvalue weighted by atomic mass is 9.96. The summed E-state index contributed by atoms with van der Waals surface area (Å²) in [5, 5.41) is 3.89. The van der Waals surface area contributed by atoms with Crippen molar-refractivity contribution >= 4 is 34.4 Å². The summed E-state index contributed by atoms with van der Waals surface area (Å²) in [6, 6.07) is 7.78. The summed E-state index contributed by atoms with van der Waals surface area (Å²) >= 11 is 1.53. The molecule has 0 saturated carbocycles. The molecule has 0 bridgehead atoms. The molecule has 2 amide bonds. The average Bonchev–Trinajstić information content (AvgIpc) is 3.46. The van der Waals surface area contributed by atoms with E-state index in [4.69, 9.17) is 4.74 Å². The summed E-state index contributed by atoms with van der Waals surface area (Å²) in [4.78, 5) is 36.9. The summed E-state index contributed by atoms with van der Waals surface area (Å²) in [5.41, 5.74) is 3.12. The Balaban J connectivity index is 1.47. The molecule has 1 aromatic carbocycles. The fourth-order valence-corrected chi connectivity index (χ4v) is 5.53. The van der Waals surface area contributed by atoms with Gasteiger partial charge in [-0.05, 0) is 29.5 Å². The van der Waals surface area contributed by atoms with Gasteiger partial charge in [0.2, 0.25) is 11.8 Å². The largest absolute Gasteiger partial charge is 0.496 e. The van der Waals surface area contributed by atoms with Gasteiger partial charge in [-0.25, -0.2) is 4.98 Å². The van der Waals surface area contributed by atoms with Gasteiger partial charge in [0.15, 0.2) is 0 Å². The molecule has 8 nitrogen and oxygen atoms in total. The molecule has 9 heteroatoms. The monoisotopic (exact) mass is 479 g/mol. The number of carbonyl (C=O) groups is 2. The van der Waals surface area contributed by atoms with Crippen LogP contribution in [0, 0.1) is 0 Å². The molecule has 1 N–H and O–H groups in total. The van der Waals surface area contributed by atoms with E-state index in [1.165, 1.54) is 11.3 Å². The van der Waals surface area contributed by atoms with E-state index in [0.29, 0.717) is 19.5 Å². The van der Waals surface area contributed by atoms with Gasteiger partial charge in [-0.2, -0.15) is 0 Å². The molecule has 0 radical (unpaired) electrons. The number of thiophene rings is 1. The third-order valence-electron chi connectivity index (χ3n) is 6.00. The first-order valence-electron chi connectivity index (χ1n) is 11.2. The SMILES string of the molecule is CN=Cc1c(NC(=O)CC(C)c2ccccc2OC)sc2c1CCN(C(=O)Cn1ccnc1)C2. The Labute approximate surface area is 203 Å². The first kappa shape index (κ1) is 23.7. The van der Waals surface area contributed by atoms with Gasteiger partial charge >= 0.3 is 0 Å². The van der Waals surface area contributed by atoms with Crippen LogP contribution in [0.25, 0.3) is 0 Å². The number of aliphatic imine (C=N–C) groups is 1. The molecule has 1 aliphatic rings. The fraction of sp³-hybridized carbons (Fsp3) is 0.360. The van der Waals surface area contributed by atoms with Crippen LogP contribution in [0.4, 0.5) is 5.00 Å². The summed E-state index contributed by atoms with van der Waals surface area (Å²) in [6.07, 6.45) is 7.97. The Bertz CT molecular complexity index is 1190. The Kier molecular flexibility index (Phi) is 7.42. The maximum atomic E-state index is 13.0. The van der Waals surface area contributed by atoms with Crippen LogP contribution in [-0.4, -0.2) is 53.2 Å². The molecular formula is C25H29N5O3S. The molecule has 0 fully saturated rings. The average molecular weight is 480 g/mol. The number of hydrogen-bond donors (Lipinski definition) is 1. The lowest BCUT2D eigenvalue weighted by Crippen LogP contribution is -2.37. The molecule has 4 rings (SSSR count). The number of benzene rings is 1. The molecule has 2 aromatic heterocycles. The number of fused-ring (bicyclic) bond motifs is 1. The van der Waals surface area contributed by atoms with Gasteiger partial charge in [-0.1, -0.05) is 25.1 Å². The lowest BCUT2D eigenvalue weighted by Gasteiger charge is -2.27. The van der Waals surface area contributed by atoms with E-state index in [2.05, 4.69) is 15.3 Å². The van der Waals surface area contributed by atoms with Crippen LogP contribution >= 0.6 is 11.3 Å². The highest BCUT2D eigenvalue weighted by Crippen LogP contribution is 2.37. The van der Waals surface area contributed by atoms with Crippen molar-refractivity contribution in [1.29, 1.82) is 0 Å². The molecule has 0 spiro atoms. The minimum Gasteiger partial charge on any atom is -0.496 e. The molecule has 34 heavy (non-hydrogen) atoms. The van der Waals surface area contributed by atoms with E-state index in [1.807, 2.05) is 36.1 Å². The van der Waals surface area contributed by atoms with E-state index in [-0.39, 0.29) is 24.3 Å². The zero-order valence-electron chi connectivity index (χ0n) is 19.7. The first-order valence-corrected chi connectivity index (χ1v) is 12.0. The van der Waals surface area contributed by atoms with Crippen molar-refractivity contribution in [3.05, 3.63) is 64.6 Å². The number of methoxy groups -OCH3 is 1. The number of nitrogens with one attached hydrogen (secondary N) is 1. The normalized spacial score (nSPS) is 14.1. The van der Waals surface area contributed by atoms with Crippen molar-refractivity contribution in [1.82, 2.24) is 14.5 Å². The van der Waals surface area contributed by atoms with E-state index in [0.717, 1.165) is 38.7 Å². The van der Waals surface area contributed by atoms with Crippen LogP contribution in [0.5, 0.6) is 5.75 Å². The number of aromatic nitrogens is 2. The number of carbonyl (C=O) groups excluding carboxylic acids is 2. The van der Waals surface area contributed by atoms with E-state index in [1.54, 1.807) is 43.7 Å². The third-order valence-corrected chi connectivity index (χ3v) is 7.15. The van der Waals surface area contributed by atoms with Crippen molar-refractivity contribution in [3.8, 4) is 5.75 Å². The van der Waals surface area contributed by atoms with Crippen molar-refractivity contribution in [3.63, 3.8) is 0 Å². The molecule has 0 saturated heterocycles. The van der Waals surface area contributed by atoms with Crippen molar-refractivity contribution in [2.75, 3.05) is 26.0 Å². The number of nitrogens with zero attached hydrogens (tertiary/aromatic N) is 4. The Hall–Kier alpha value is -3.46. The molecule has 178 valence electrons. The zero-order chi connectivity index (χ0) is 24.1. The highest BCUT2D eigenvalue weighted by molar-refractivity contribution is 7.16. The minimum atomic E-state index is -0.0594. The highest BCUT2D eigenvalue weighted by Gasteiger charge is 2.27. The predicted octanol–water partition coefficient (Wildman–Crippen LogP) is 3.72. The van der Waals surface area contributed by atoms with Gasteiger partial charge in [0.25, 0.3) is 0 Å². The Morgan fingerprint density at radius 1 is 1.35 bits per heavy atom. The summed E-state index contributed by atoms with van der Waals surface area (Å²) < 4.78 is 7.22. The topological polar surface area (TPSA) is 88.8 Å². The molecule has 3 aromatic rings. The highest BCUT2D eigenvalue weighted by atomic mass is 32.1. The lowest BCUT2D eigenvalue weighted by molar-refractivity contribution is -0.132. The third kappa shape index (κ3) is 5.20. The molecule has 1 atom stereocenters. The zero-order valence-corrected chi connectivity index (χ0v) is 20.5. The van der Waals surface area contributed by atoms with Gasteiger partial charge in [-0.3, -0.25) is 14.6 Å². The van der Waals surface area contributed by atoms with Gasteiger partial charge in [0, 0.05) is 49.1 Å². The maximum absolute atomic E-state index is 13.0. The van der Waals surface area contributed by atoms with Gasteiger partial charge in [-0.15, -0.1) is 11.3 Å². The van der Waals surface area contributed by atoms with Crippen molar-refractivity contribution in [2.45, 2.75) is 38.8 Å². The summed E-state index contributed by atoms with van der Waals surface area (Å²) in [5.74, 6) is 0.786. The second-order valence-electron chi connectivity index (χ2n) is 8.33. The quantitative estimate of drug-likeness (QED) is 0.499. The molecule has 1 unspecified atom stereocenters. The minimum absolute atomic E-state index is 0.00492. The molecule has 3 heterocycles. The fourth-order valence-electron chi connectivity index (χ4n) is 4.28. The second-order valence-corrected chi connectivity index (χ2v) is 9.43. The number of hydrogen-bond acceptors (Lipinski definition) is 6. The van der Waals surface area contributed by atoms with Gasteiger partial charge in [0.05, 0.1) is 20.0 Å². The molecular weight excluding hydrogens is 450 g/mol. The Morgan fingerprint density at radius 3 is 2.91 bits per heavy atom. The maximum Gasteiger partial charge on any atom is 0.242 e. The Morgan fingerprint density at radius 2 is 2.18 bits per heavy atom. The smallest absolute Gasteiger partial charge is 0.242 e. The summed E-state index contributed by atoms with van der Waals surface area (Å²) in [6.45, 7) is 3.47. The van der Waals surface area contributed by atoms with Crippen LogP contribution < -0.4 is 10.1 Å². The number of para-hydroxylation sites is 1. The molecule has 1 aliphatic heterocycles. The van der Waals surface area contributed by atoms with Crippen molar-refractivity contribution in [2.24, 2.45) is 4.99 Å². The number of rotatable bonds is 8. The van der Waals surface area contributed by atoms with Crippen LogP contribution in [-0.2, 0) is 29.1 Å². The van der Waals surface area contributed by atoms with Gasteiger partial charge in [0.1, 0.15) is 17.3 Å². The van der Waals surface area contributed by atoms with Crippen LogP contribution in [0.2, 0.25) is 0 Å². The van der Waals surface area contributed by atoms with Crippen LogP contribution in [0.15, 0.2) is 48.0 Å². The van der Waals surface area contributed by atoms with E-state index < -0.39 is 0 Å². The van der Waals surface area contributed by atoms with Crippen molar-refractivity contribution < 1.29 is 14.3 Å². The van der Waals surface area contributed by atoms with E-state index >= 15 is 0 Å². The number of ether oxygens (including phenoxy) is 1. The molecule has 0 aliphatic carbocycles. The predicted molar refractivity (Wildman–Crippen MR) is 134 cm³/mol. The van der Waals surface area contributed by atoms with Crippen LogP contribution in [0.1, 0.15) is 40.8 Å². The van der Waals surface area contributed by atoms with Crippen LogP contribution in [0.3, 0.4) is 0 Å². The first-order chi connectivity index (χ1) is 16.5. The number of imidazole rings is 1. The second kappa shape index (κ2) is 10.6. The number of amides is 2. The van der Waals surface area contributed by atoms with E-state index in [9.17, 15) is 9.59 Å². The van der Waals surface area contributed by atoms with Gasteiger partial charge < -0.3 is 19.5 Å².